The Bertz CT molecular complexity index is 795. The molecule has 0 bridgehead atoms. The first-order chi connectivity index (χ1) is 12.1. The summed E-state index contributed by atoms with van der Waals surface area (Å²) < 4.78 is 2.13. The van der Waals surface area contributed by atoms with Crippen molar-refractivity contribution >= 4 is 23.2 Å². The van der Waals surface area contributed by atoms with Crippen molar-refractivity contribution in [2.24, 2.45) is 11.7 Å². The smallest absolute Gasteiger partial charge is 0.109 e. The molecule has 5 heteroatoms. The summed E-state index contributed by atoms with van der Waals surface area (Å²) in [5, 5.41) is 1.29. The standard InChI is InChI=1S/C20H21Cl2N3/c21-18-9-17(10-19(22)12-18)14-25-7-6-24-20(25)11-16(13-23)8-15-4-2-1-3-5-15/h1-7,9-10,12,16H,8,11,13-14,23H2. The van der Waals surface area contributed by atoms with E-state index >= 15 is 0 Å². The molecule has 3 nitrogen and oxygen atoms in total. The van der Waals surface area contributed by atoms with Gasteiger partial charge in [0.25, 0.3) is 0 Å². The first-order valence-corrected chi connectivity index (χ1v) is 9.08. The Morgan fingerprint density at radius 1 is 0.960 bits per heavy atom. The zero-order valence-electron chi connectivity index (χ0n) is 13.9. The van der Waals surface area contributed by atoms with Crippen molar-refractivity contribution in [3.63, 3.8) is 0 Å². The summed E-state index contributed by atoms with van der Waals surface area (Å²) in [5.74, 6) is 1.38. The molecule has 3 aromatic rings. The summed E-state index contributed by atoms with van der Waals surface area (Å²) in [5.41, 5.74) is 8.37. The van der Waals surface area contributed by atoms with E-state index in [2.05, 4.69) is 33.8 Å². The molecule has 0 aliphatic carbocycles. The molecule has 2 aromatic carbocycles. The lowest BCUT2D eigenvalue weighted by Gasteiger charge is -2.16. The van der Waals surface area contributed by atoms with Gasteiger partial charge in [-0.05, 0) is 48.2 Å². The van der Waals surface area contributed by atoms with E-state index in [0.717, 1.165) is 24.2 Å². The highest BCUT2D eigenvalue weighted by Gasteiger charge is 2.13. The molecule has 1 atom stereocenters. The van der Waals surface area contributed by atoms with Crippen molar-refractivity contribution in [1.82, 2.24) is 9.55 Å². The Labute approximate surface area is 158 Å². The minimum atomic E-state index is 0.353. The van der Waals surface area contributed by atoms with Crippen molar-refractivity contribution in [2.45, 2.75) is 19.4 Å². The average Bonchev–Trinajstić information content (AvgIpc) is 3.01. The van der Waals surface area contributed by atoms with Crippen LogP contribution in [-0.2, 0) is 19.4 Å². The molecule has 0 radical (unpaired) electrons. The van der Waals surface area contributed by atoms with Crippen LogP contribution in [0.2, 0.25) is 10.0 Å². The van der Waals surface area contributed by atoms with Gasteiger partial charge in [0.2, 0.25) is 0 Å². The lowest BCUT2D eigenvalue weighted by atomic mass is 9.96. The largest absolute Gasteiger partial charge is 0.331 e. The van der Waals surface area contributed by atoms with Gasteiger partial charge in [0, 0.05) is 35.4 Å². The number of imidazole rings is 1. The van der Waals surface area contributed by atoms with E-state index in [4.69, 9.17) is 28.9 Å². The second-order valence-corrected chi connectivity index (χ2v) is 7.12. The third-order valence-corrected chi connectivity index (χ3v) is 4.69. The Morgan fingerprint density at radius 3 is 2.36 bits per heavy atom. The third-order valence-electron chi connectivity index (χ3n) is 4.25. The predicted octanol–water partition coefficient (Wildman–Crippen LogP) is 4.60. The number of benzene rings is 2. The van der Waals surface area contributed by atoms with E-state index < -0.39 is 0 Å². The van der Waals surface area contributed by atoms with Crippen LogP contribution in [0.3, 0.4) is 0 Å². The zero-order valence-corrected chi connectivity index (χ0v) is 15.4. The van der Waals surface area contributed by atoms with E-state index in [-0.39, 0.29) is 0 Å². The number of nitrogens with two attached hydrogens (primary N) is 1. The summed E-state index contributed by atoms with van der Waals surface area (Å²) in [4.78, 5) is 4.53. The highest BCUT2D eigenvalue weighted by atomic mass is 35.5. The number of halogens is 2. The topological polar surface area (TPSA) is 43.8 Å². The van der Waals surface area contributed by atoms with Crippen LogP contribution < -0.4 is 5.73 Å². The van der Waals surface area contributed by atoms with Gasteiger partial charge >= 0.3 is 0 Å². The molecule has 0 saturated carbocycles. The van der Waals surface area contributed by atoms with Crippen LogP contribution in [0, 0.1) is 5.92 Å². The van der Waals surface area contributed by atoms with Gasteiger partial charge in [-0.2, -0.15) is 0 Å². The molecule has 25 heavy (non-hydrogen) atoms. The van der Waals surface area contributed by atoms with E-state index in [1.54, 1.807) is 6.07 Å². The Kier molecular flexibility index (Phi) is 6.14. The molecule has 0 fully saturated rings. The minimum Gasteiger partial charge on any atom is -0.331 e. The monoisotopic (exact) mass is 373 g/mol. The molecule has 0 saturated heterocycles. The second kappa shape index (κ2) is 8.52. The fraction of sp³-hybridized carbons (Fsp3) is 0.250. The van der Waals surface area contributed by atoms with Crippen LogP contribution in [0.5, 0.6) is 0 Å². The molecule has 0 spiro atoms. The SMILES string of the molecule is NCC(Cc1ccccc1)Cc1nccn1Cc1cc(Cl)cc(Cl)c1. The molecule has 0 aliphatic heterocycles. The van der Waals surface area contributed by atoms with Gasteiger partial charge in [0.15, 0.2) is 0 Å². The van der Waals surface area contributed by atoms with Crippen molar-refractivity contribution in [3.8, 4) is 0 Å². The lowest BCUT2D eigenvalue weighted by molar-refractivity contribution is 0.506. The van der Waals surface area contributed by atoms with E-state index in [9.17, 15) is 0 Å². The predicted molar refractivity (Wildman–Crippen MR) is 104 cm³/mol. The van der Waals surface area contributed by atoms with Gasteiger partial charge < -0.3 is 10.3 Å². The normalized spacial score (nSPS) is 12.3. The van der Waals surface area contributed by atoms with Crippen molar-refractivity contribution in [3.05, 3.63) is 87.9 Å². The Balaban J connectivity index is 1.72. The Morgan fingerprint density at radius 2 is 1.68 bits per heavy atom. The quantitative estimate of drug-likeness (QED) is 0.657. The molecular weight excluding hydrogens is 353 g/mol. The van der Waals surface area contributed by atoms with Crippen LogP contribution in [0.25, 0.3) is 0 Å². The Hall–Kier alpha value is -1.81. The fourth-order valence-electron chi connectivity index (χ4n) is 3.02. The number of rotatable bonds is 7. The van der Waals surface area contributed by atoms with E-state index in [1.807, 2.05) is 30.6 Å². The maximum Gasteiger partial charge on any atom is 0.109 e. The minimum absolute atomic E-state index is 0.353. The van der Waals surface area contributed by atoms with Crippen LogP contribution in [0.1, 0.15) is 17.0 Å². The van der Waals surface area contributed by atoms with E-state index in [0.29, 0.717) is 29.1 Å². The molecule has 1 aromatic heterocycles. The maximum atomic E-state index is 6.10. The molecule has 0 aliphatic rings. The van der Waals surface area contributed by atoms with Crippen LogP contribution in [0.15, 0.2) is 60.9 Å². The summed E-state index contributed by atoms with van der Waals surface area (Å²) in [6.07, 6.45) is 5.61. The van der Waals surface area contributed by atoms with Gasteiger partial charge in [-0.15, -0.1) is 0 Å². The summed E-state index contributed by atoms with van der Waals surface area (Å²) in [7, 11) is 0. The average molecular weight is 374 g/mol. The van der Waals surface area contributed by atoms with Gasteiger partial charge in [-0.1, -0.05) is 53.5 Å². The van der Waals surface area contributed by atoms with Gasteiger partial charge in [-0.25, -0.2) is 4.98 Å². The summed E-state index contributed by atoms with van der Waals surface area (Å²) in [6.45, 7) is 1.32. The van der Waals surface area contributed by atoms with Crippen molar-refractivity contribution in [1.29, 1.82) is 0 Å². The van der Waals surface area contributed by atoms with Crippen LogP contribution >= 0.6 is 23.2 Å². The maximum absolute atomic E-state index is 6.10. The molecule has 3 rings (SSSR count). The molecule has 0 amide bonds. The zero-order chi connectivity index (χ0) is 17.6. The van der Waals surface area contributed by atoms with Gasteiger partial charge in [0.1, 0.15) is 5.82 Å². The number of hydrogen-bond acceptors (Lipinski definition) is 2. The fourth-order valence-corrected chi connectivity index (χ4v) is 3.59. The van der Waals surface area contributed by atoms with Crippen molar-refractivity contribution < 1.29 is 0 Å². The summed E-state index contributed by atoms with van der Waals surface area (Å²) in [6, 6.07) is 16.0. The number of nitrogens with zero attached hydrogens (tertiary/aromatic N) is 2. The molecule has 130 valence electrons. The lowest BCUT2D eigenvalue weighted by Crippen LogP contribution is -2.21. The highest BCUT2D eigenvalue weighted by molar-refractivity contribution is 6.34. The highest BCUT2D eigenvalue weighted by Crippen LogP contribution is 2.21. The molecular formula is C20H21Cl2N3. The van der Waals surface area contributed by atoms with Crippen molar-refractivity contribution in [2.75, 3.05) is 6.54 Å². The van der Waals surface area contributed by atoms with Crippen LogP contribution in [0.4, 0.5) is 0 Å². The molecule has 2 N–H and O–H groups in total. The van der Waals surface area contributed by atoms with Crippen LogP contribution in [-0.4, -0.2) is 16.1 Å². The van der Waals surface area contributed by atoms with Gasteiger partial charge in [-0.3, -0.25) is 0 Å². The van der Waals surface area contributed by atoms with Gasteiger partial charge in [0.05, 0.1) is 0 Å². The summed E-state index contributed by atoms with van der Waals surface area (Å²) >= 11 is 12.2. The molecule has 1 heterocycles. The third kappa shape index (κ3) is 5.08. The first kappa shape index (κ1) is 18.0. The second-order valence-electron chi connectivity index (χ2n) is 6.24. The first-order valence-electron chi connectivity index (χ1n) is 8.33. The van der Waals surface area contributed by atoms with E-state index in [1.165, 1.54) is 5.56 Å². The number of aromatic nitrogens is 2. The number of hydrogen-bond donors (Lipinski definition) is 1. The molecule has 1 unspecified atom stereocenters.